The predicted molar refractivity (Wildman–Crippen MR) is 65.6 cm³/mol. The number of rotatable bonds is 6. The van der Waals surface area contributed by atoms with E-state index in [9.17, 15) is 0 Å². The van der Waals surface area contributed by atoms with Crippen LogP contribution in [-0.4, -0.2) is 23.6 Å². The number of aromatic amines is 1. The summed E-state index contributed by atoms with van der Waals surface area (Å²) in [6.07, 6.45) is 7.87. The number of nitrogens with zero attached hydrogens (tertiary/aromatic N) is 1. The Morgan fingerprint density at radius 2 is 2.33 bits per heavy atom. The number of imidazole rings is 1. The molecule has 1 aromatic heterocycles. The zero-order valence-electron chi connectivity index (χ0n) is 9.51. The number of aromatic nitrogens is 2. The SMILES string of the molecule is C=Cc1nc(CCCNC)[nH]c1/C=C\C. The van der Waals surface area contributed by atoms with E-state index in [0.717, 1.165) is 36.6 Å². The first-order valence-corrected chi connectivity index (χ1v) is 5.30. The van der Waals surface area contributed by atoms with Gasteiger partial charge in [-0.2, -0.15) is 0 Å². The first kappa shape index (κ1) is 11.7. The van der Waals surface area contributed by atoms with E-state index in [1.807, 2.05) is 26.1 Å². The van der Waals surface area contributed by atoms with Crippen LogP contribution in [0.25, 0.3) is 12.2 Å². The van der Waals surface area contributed by atoms with Gasteiger partial charge in [-0.05, 0) is 39.1 Å². The highest BCUT2D eigenvalue weighted by molar-refractivity contribution is 5.58. The van der Waals surface area contributed by atoms with Gasteiger partial charge in [-0.1, -0.05) is 12.7 Å². The Morgan fingerprint density at radius 1 is 1.53 bits per heavy atom. The molecule has 15 heavy (non-hydrogen) atoms. The molecule has 0 bridgehead atoms. The minimum atomic E-state index is 0.938. The number of hydrogen-bond acceptors (Lipinski definition) is 2. The summed E-state index contributed by atoms with van der Waals surface area (Å²) >= 11 is 0. The zero-order chi connectivity index (χ0) is 11.1. The fraction of sp³-hybridized carbons (Fsp3) is 0.417. The summed E-state index contributed by atoms with van der Waals surface area (Å²) in [5.74, 6) is 1.04. The van der Waals surface area contributed by atoms with Crippen molar-refractivity contribution in [3.63, 3.8) is 0 Å². The first-order valence-electron chi connectivity index (χ1n) is 5.30. The monoisotopic (exact) mass is 205 g/mol. The third kappa shape index (κ3) is 3.36. The van der Waals surface area contributed by atoms with Gasteiger partial charge in [0, 0.05) is 6.42 Å². The third-order valence-corrected chi connectivity index (χ3v) is 2.18. The van der Waals surface area contributed by atoms with Gasteiger partial charge in [-0.3, -0.25) is 0 Å². The summed E-state index contributed by atoms with van der Waals surface area (Å²) in [6, 6.07) is 0. The van der Waals surface area contributed by atoms with Gasteiger partial charge in [0.25, 0.3) is 0 Å². The molecule has 1 aromatic rings. The summed E-state index contributed by atoms with van der Waals surface area (Å²) in [7, 11) is 1.96. The van der Waals surface area contributed by atoms with Gasteiger partial charge < -0.3 is 10.3 Å². The Bertz CT molecular complexity index is 337. The molecule has 0 spiro atoms. The Balaban J connectivity index is 2.69. The van der Waals surface area contributed by atoms with Crippen LogP contribution in [0.3, 0.4) is 0 Å². The molecule has 0 unspecified atom stereocenters. The topological polar surface area (TPSA) is 40.7 Å². The first-order chi connectivity index (χ1) is 7.31. The van der Waals surface area contributed by atoms with Crippen LogP contribution in [0.15, 0.2) is 12.7 Å². The normalized spacial score (nSPS) is 11.1. The van der Waals surface area contributed by atoms with Crippen LogP contribution in [-0.2, 0) is 6.42 Å². The molecule has 2 N–H and O–H groups in total. The number of allylic oxidation sites excluding steroid dienone is 1. The Hall–Kier alpha value is -1.35. The lowest BCUT2D eigenvalue weighted by molar-refractivity contribution is 0.707. The van der Waals surface area contributed by atoms with Crippen molar-refractivity contribution in [1.29, 1.82) is 0 Å². The molecule has 0 saturated heterocycles. The van der Waals surface area contributed by atoms with Crippen molar-refractivity contribution >= 4 is 12.2 Å². The number of nitrogens with one attached hydrogen (secondary N) is 2. The van der Waals surface area contributed by atoms with Crippen molar-refractivity contribution in [1.82, 2.24) is 15.3 Å². The molecular weight excluding hydrogens is 186 g/mol. The molecule has 0 aromatic carbocycles. The highest BCUT2D eigenvalue weighted by atomic mass is 14.9. The molecule has 82 valence electrons. The van der Waals surface area contributed by atoms with Crippen LogP contribution in [0.5, 0.6) is 0 Å². The molecule has 1 heterocycles. The zero-order valence-corrected chi connectivity index (χ0v) is 9.51. The average molecular weight is 205 g/mol. The second-order valence-corrected chi connectivity index (χ2v) is 3.39. The molecule has 0 aliphatic rings. The maximum absolute atomic E-state index is 4.47. The molecule has 3 nitrogen and oxygen atoms in total. The third-order valence-electron chi connectivity index (χ3n) is 2.18. The van der Waals surface area contributed by atoms with E-state index >= 15 is 0 Å². The number of H-pyrrole nitrogens is 1. The maximum Gasteiger partial charge on any atom is 0.107 e. The van der Waals surface area contributed by atoms with Crippen molar-refractivity contribution < 1.29 is 0 Å². The summed E-state index contributed by atoms with van der Waals surface area (Å²) in [6.45, 7) is 6.77. The minimum absolute atomic E-state index is 0.938. The van der Waals surface area contributed by atoms with E-state index < -0.39 is 0 Å². The second kappa shape index (κ2) is 6.19. The van der Waals surface area contributed by atoms with Crippen molar-refractivity contribution in [2.45, 2.75) is 19.8 Å². The van der Waals surface area contributed by atoms with Crippen LogP contribution in [0, 0.1) is 0 Å². The van der Waals surface area contributed by atoms with E-state index in [1.165, 1.54) is 0 Å². The molecule has 0 amide bonds. The Morgan fingerprint density at radius 3 is 2.93 bits per heavy atom. The van der Waals surface area contributed by atoms with Gasteiger partial charge in [0.1, 0.15) is 5.82 Å². The van der Waals surface area contributed by atoms with Crippen molar-refractivity contribution in [2.24, 2.45) is 0 Å². The van der Waals surface area contributed by atoms with Crippen LogP contribution in [0.2, 0.25) is 0 Å². The van der Waals surface area contributed by atoms with Crippen LogP contribution in [0.1, 0.15) is 30.6 Å². The lowest BCUT2D eigenvalue weighted by Gasteiger charge is -1.95. The van der Waals surface area contributed by atoms with E-state index in [1.54, 1.807) is 6.08 Å². The van der Waals surface area contributed by atoms with Gasteiger partial charge in [-0.15, -0.1) is 0 Å². The molecular formula is C12H19N3. The van der Waals surface area contributed by atoms with Crippen LogP contribution >= 0.6 is 0 Å². The smallest absolute Gasteiger partial charge is 0.107 e. The van der Waals surface area contributed by atoms with Crippen molar-refractivity contribution in [3.8, 4) is 0 Å². The standard InChI is InChI=1S/C12H19N3/c1-4-7-11-10(5-2)14-12(15-11)8-6-9-13-3/h4-5,7,13H,2,6,8-9H2,1,3H3,(H,14,15)/b7-4-. The fourth-order valence-electron chi connectivity index (χ4n) is 1.45. The van der Waals surface area contributed by atoms with Gasteiger partial charge >= 0.3 is 0 Å². The number of hydrogen-bond donors (Lipinski definition) is 2. The molecule has 0 atom stereocenters. The molecule has 3 heteroatoms. The van der Waals surface area contributed by atoms with Gasteiger partial charge in [0.15, 0.2) is 0 Å². The molecule has 0 aliphatic heterocycles. The van der Waals surface area contributed by atoms with Gasteiger partial charge in [0.05, 0.1) is 11.4 Å². The summed E-state index contributed by atoms with van der Waals surface area (Å²) in [4.78, 5) is 7.76. The van der Waals surface area contributed by atoms with E-state index in [0.29, 0.717) is 0 Å². The lowest BCUT2D eigenvalue weighted by Crippen LogP contribution is -2.08. The van der Waals surface area contributed by atoms with Crippen molar-refractivity contribution in [3.05, 3.63) is 29.9 Å². The highest BCUT2D eigenvalue weighted by Gasteiger charge is 2.03. The Labute approximate surface area is 91.3 Å². The lowest BCUT2D eigenvalue weighted by atomic mass is 10.3. The predicted octanol–water partition coefficient (Wildman–Crippen LogP) is 2.24. The molecule has 0 aliphatic carbocycles. The second-order valence-electron chi connectivity index (χ2n) is 3.39. The minimum Gasteiger partial charge on any atom is -0.342 e. The molecule has 0 fully saturated rings. The van der Waals surface area contributed by atoms with Crippen LogP contribution < -0.4 is 5.32 Å². The van der Waals surface area contributed by atoms with Gasteiger partial charge in [-0.25, -0.2) is 4.98 Å². The summed E-state index contributed by atoms with van der Waals surface area (Å²) in [5, 5.41) is 3.12. The summed E-state index contributed by atoms with van der Waals surface area (Å²) in [5.41, 5.74) is 1.99. The molecule has 0 saturated carbocycles. The Kier molecular flexibility index (Phi) is 4.84. The number of aryl methyl sites for hydroxylation is 1. The van der Waals surface area contributed by atoms with E-state index in [-0.39, 0.29) is 0 Å². The van der Waals surface area contributed by atoms with E-state index in [4.69, 9.17) is 0 Å². The van der Waals surface area contributed by atoms with E-state index in [2.05, 4.69) is 21.9 Å². The summed E-state index contributed by atoms with van der Waals surface area (Å²) < 4.78 is 0. The van der Waals surface area contributed by atoms with Gasteiger partial charge in [0.2, 0.25) is 0 Å². The fourth-order valence-corrected chi connectivity index (χ4v) is 1.45. The highest BCUT2D eigenvalue weighted by Crippen LogP contribution is 2.10. The largest absolute Gasteiger partial charge is 0.342 e. The average Bonchev–Trinajstić information content (AvgIpc) is 2.62. The molecule has 1 rings (SSSR count). The maximum atomic E-state index is 4.47. The van der Waals surface area contributed by atoms with Crippen LogP contribution in [0.4, 0.5) is 0 Å². The molecule has 0 radical (unpaired) electrons. The quantitative estimate of drug-likeness (QED) is 0.699. The van der Waals surface area contributed by atoms with Crippen molar-refractivity contribution in [2.75, 3.05) is 13.6 Å².